The van der Waals surface area contributed by atoms with Crippen LogP contribution in [0.1, 0.15) is 18.3 Å². The Morgan fingerprint density at radius 3 is 3.08 bits per heavy atom. The molecule has 7 heteroatoms. The van der Waals surface area contributed by atoms with E-state index in [0.29, 0.717) is 6.61 Å². The van der Waals surface area contributed by atoms with Gasteiger partial charge in [0.1, 0.15) is 18.5 Å². The molecular weight excluding hydrogens is 306 g/mol. The molecule has 1 aromatic carbocycles. The van der Waals surface area contributed by atoms with E-state index in [0.717, 1.165) is 23.3 Å². The lowest BCUT2D eigenvalue weighted by Gasteiger charge is -2.19. The maximum Gasteiger partial charge on any atom is 0.240 e. The number of aromatic nitrogens is 4. The van der Waals surface area contributed by atoms with Gasteiger partial charge in [-0.15, -0.1) is 0 Å². The van der Waals surface area contributed by atoms with Crippen molar-refractivity contribution in [3.63, 3.8) is 0 Å². The summed E-state index contributed by atoms with van der Waals surface area (Å²) in [6.07, 6.45) is 5.91. The summed E-state index contributed by atoms with van der Waals surface area (Å²) in [5.41, 5.74) is 1.84. The summed E-state index contributed by atoms with van der Waals surface area (Å²) in [4.78, 5) is 21.1. The van der Waals surface area contributed by atoms with Gasteiger partial charge in [0.15, 0.2) is 0 Å². The zero-order chi connectivity index (χ0) is 16.5. The Hall–Kier alpha value is -2.67. The summed E-state index contributed by atoms with van der Waals surface area (Å²) in [5, 5.41) is 3.08. The summed E-state index contributed by atoms with van der Waals surface area (Å²) < 4.78 is 9.57. The lowest BCUT2D eigenvalue weighted by atomic mass is 10.1. The third-order valence-corrected chi connectivity index (χ3v) is 4.39. The Kier molecular flexibility index (Phi) is 3.78. The highest BCUT2D eigenvalue weighted by Crippen LogP contribution is 2.27. The first-order valence-electron chi connectivity index (χ1n) is 8.00. The summed E-state index contributed by atoms with van der Waals surface area (Å²) in [7, 11) is 1.93. The van der Waals surface area contributed by atoms with Crippen molar-refractivity contribution < 1.29 is 9.53 Å². The number of nitrogens with zero attached hydrogens (tertiary/aromatic N) is 4. The predicted octanol–water partition coefficient (Wildman–Crippen LogP) is 1.42. The van der Waals surface area contributed by atoms with Crippen LogP contribution in [0.5, 0.6) is 0 Å². The molecule has 3 aromatic rings. The van der Waals surface area contributed by atoms with Gasteiger partial charge in [0.25, 0.3) is 0 Å². The number of aryl methyl sites for hydroxylation is 1. The number of carbonyl (C=O) groups excluding carboxylic acids is 1. The van der Waals surface area contributed by atoms with Crippen LogP contribution in [0.15, 0.2) is 43.0 Å². The van der Waals surface area contributed by atoms with E-state index in [4.69, 9.17) is 4.74 Å². The molecule has 1 N–H and O–H groups in total. The monoisotopic (exact) mass is 325 g/mol. The normalized spacial score (nSPS) is 20.5. The molecule has 24 heavy (non-hydrogen) atoms. The number of carbonyl (C=O) groups is 1. The number of amides is 1. The average molecular weight is 325 g/mol. The van der Waals surface area contributed by atoms with Gasteiger partial charge >= 0.3 is 0 Å². The van der Waals surface area contributed by atoms with Crippen LogP contribution >= 0.6 is 0 Å². The number of fused-ring (bicyclic) bond motifs is 1. The number of nitrogens with one attached hydrogen (secondary N) is 1. The Balaban J connectivity index is 1.47. The van der Waals surface area contributed by atoms with Crippen molar-refractivity contribution in [2.45, 2.75) is 25.1 Å². The Labute approximate surface area is 139 Å². The third-order valence-electron chi connectivity index (χ3n) is 4.39. The van der Waals surface area contributed by atoms with Gasteiger partial charge in [0, 0.05) is 26.0 Å². The second-order valence-electron chi connectivity index (χ2n) is 6.01. The second kappa shape index (κ2) is 6.09. The van der Waals surface area contributed by atoms with Gasteiger partial charge in [-0.1, -0.05) is 12.1 Å². The third kappa shape index (κ3) is 2.67. The van der Waals surface area contributed by atoms with Crippen molar-refractivity contribution in [2.24, 2.45) is 7.05 Å². The van der Waals surface area contributed by atoms with E-state index in [1.165, 1.54) is 0 Å². The number of benzene rings is 1. The van der Waals surface area contributed by atoms with Gasteiger partial charge in [0.05, 0.1) is 23.4 Å². The van der Waals surface area contributed by atoms with Gasteiger partial charge in [0.2, 0.25) is 5.91 Å². The van der Waals surface area contributed by atoms with Crippen LogP contribution in [0.2, 0.25) is 0 Å². The minimum atomic E-state index is -0.200. The quantitative estimate of drug-likeness (QED) is 0.787. The van der Waals surface area contributed by atoms with Crippen molar-refractivity contribution in [1.29, 1.82) is 0 Å². The number of hydrogen-bond acceptors (Lipinski definition) is 4. The number of hydrogen-bond donors (Lipinski definition) is 1. The minimum absolute atomic E-state index is 0.0483. The summed E-state index contributed by atoms with van der Waals surface area (Å²) >= 11 is 0. The van der Waals surface area contributed by atoms with Crippen molar-refractivity contribution >= 4 is 16.9 Å². The van der Waals surface area contributed by atoms with E-state index >= 15 is 0 Å². The van der Waals surface area contributed by atoms with Crippen molar-refractivity contribution in [3.05, 3.63) is 48.8 Å². The number of ether oxygens (including phenoxy) is 1. The maximum atomic E-state index is 12.5. The number of para-hydroxylation sites is 2. The lowest BCUT2D eigenvalue weighted by Crippen LogP contribution is -2.39. The fraction of sp³-hybridized carbons (Fsp3) is 0.353. The molecule has 0 spiro atoms. The molecular formula is C17H19N5O2. The number of imidazole rings is 2. The first-order valence-corrected chi connectivity index (χ1v) is 8.00. The molecule has 1 amide bonds. The van der Waals surface area contributed by atoms with Gasteiger partial charge in [-0.3, -0.25) is 4.79 Å². The van der Waals surface area contributed by atoms with Gasteiger partial charge in [-0.05, 0) is 18.6 Å². The smallest absolute Gasteiger partial charge is 0.240 e. The van der Waals surface area contributed by atoms with E-state index < -0.39 is 0 Å². The molecule has 0 saturated carbocycles. The van der Waals surface area contributed by atoms with Crippen LogP contribution in [0.4, 0.5) is 0 Å². The van der Waals surface area contributed by atoms with E-state index in [9.17, 15) is 4.79 Å². The average Bonchev–Trinajstić information content (AvgIpc) is 3.28. The molecule has 0 bridgehead atoms. The van der Waals surface area contributed by atoms with Crippen LogP contribution in [-0.2, 0) is 23.1 Å². The van der Waals surface area contributed by atoms with Crippen LogP contribution in [-0.4, -0.2) is 37.7 Å². The van der Waals surface area contributed by atoms with Gasteiger partial charge < -0.3 is 19.2 Å². The fourth-order valence-electron chi connectivity index (χ4n) is 3.19. The highest BCUT2D eigenvalue weighted by molar-refractivity contribution is 5.80. The molecule has 1 aliphatic rings. The minimum Gasteiger partial charge on any atom is -0.368 e. The molecule has 3 heterocycles. The lowest BCUT2D eigenvalue weighted by molar-refractivity contribution is -0.122. The standard InChI is InChI=1S/C17H19N5O2/c1-21-8-7-18-17(21)16-13(6-9-24-16)20-15(23)10-22-11-19-12-4-2-3-5-14(12)22/h2-5,7-8,11,13,16H,6,9-10H2,1H3,(H,20,23)/t13-,16-/m0/s1. The maximum absolute atomic E-state index is 12.5. The molecule has 0 radical (unpaired) electrons. The van der Waals surface area contributed by atoms with Crippen molar-refractivity contribution in [1.82, 2.24) is 24.4 Å². The Morgan fingerprint density at radius 1 is 1.38 bits per heavy atom. The number of rotatable bonds is 4. The SMILES string of the molecule is Cn1ccnc1[C@H]1OCC[C@@H]1NC(=O)Cn1cnc2ccccc21. The first kappa shape index (κ1) is 14.9. The van der Waals surface area contributed by atoms with Crippen molar-refractivity contribution in [2.75, 3.05) is 6.61 Å². The zero-order valence-corrected chi connectivity index (χ0v) is 13.4. The first-order chi connectivity index (χ1) is 11.7. The van der Waals surface area contributed by atoms with Crippen molar-refractivity contribution in [3.8, 4) is 0 Å². The van der Waals surface area contributed by atoms with E-state index in [-0.39, 0.29) is 24.6 Å². The molecule has 2 atom stereocenters. The van der Waals surface area contributed by atoms with E-state index in [1.807, 2.05) is 46.6 Å². The zero-order valence-electron chi connectivity index (χ0n) is 13.4. The topological polar surface area (TPSA) is 74.0 Å². The summed E-state index contributed by atoms with van der Waals surface area (Å²) in [6.45, 7) is 0.862. The highest BCUT2D eigenvalue weighted by atomic mass is 16.5. The molecule has 124 valence electrons. The van der Waals surface area contributed by atoms with Crippen LogP contribution in [0.3, 0.4) is 0 Å². The molecule has 1 aliphatic heterocycles. The molecule has 0 aliphatic carbocycles. The van der Waals surface area contributed by atoms with E-state index in [1.54, 1.807) is 12.5 Å². The second-order valence-corrected chi connectivity index (χ2v) is 6.01. The summed E-state index contributed by atoms with van der Waals surface area (Å²) in [5.74, 6) is 0.791. The van der Waals surface area contributed by atoms with Crippen LogP contribution in [0, 0.1) is 0 Å². The highest BCUT2D eigenvalue weighted by Gasteiger charge is 2.33. The molecule has 0 unspecified atom stereocenters. The molecule has 2 aromatic heterocycles. The summed E-state index contributed by atoms with van der Waals surface area (Å²) in [6, 6.07) is 7.72. The van der Waals surface area contributed by atoms with E-state index in [2.05, 4.69) is 15.3 Å². The largest absolute Gasteiger partial charge is 0.368 e. The van der Waals surface area contributed by atoms with Crippen LogP contribution < -0.4 is 5.32 Å². The molecule has 1 saturated heterocycles. The van der Waals surface area contributed by atoms with Gasteiger partial charge in [-0.25, -0.2) is 9.97 Å². The molecule has 1 fully saturated rings. The Bertz CT molecular complexity index is 869. The molecule has 4 rings (SSSR count). The fourth-order valence-corrected chi connectivity index (χ4v) is 3.19. The molecule has 7 nitrogen and oxygen atoms in total. The van der Waals surface area contributed by atoms with Crippen LogP contribution in [0.25, 0.3) is 11.0 Å². The Morgan fingerprint density at radius 2 is 2.25 bits per heavy atom. The van der Waals surface area contributed by atoms with Gasteiger partial charge in [-0.2, -0.15) is 0 Å². The predicted molar refractivity (Wildman–Crippen MR) is 88.2 cm³/mol.